The van der Waals surface area contributed by atoms with Crippen LogP contribution in [0.25, 0.3) is 0 Å². The number of hydrogen-bond donors (Lipinski definition) is 2. The van der Waals surface area contributed by atoms with Crippen molar-refractivity contribution in [1.29, 1.82) is 0 Å². The molecule has 0 radical (unpaired) electrons. The summed E-state index contributed by atoms with van der Waals surface area (Å²) in [6.45, 7) is 0.102. The van der Waals surface area contributed by atoms with Crippen LogP contribution in [0.5, 0.6) is 11.5 Å². The molecule has 5 nitrogen and oxygen atoms in total. The molecule has 0 spiro atoms. The van der Waals surface area contributed by atoms with Crippen molar-refractivity contribution in [1.82, 2.24) is 10.6 Å². The number of ether oxygens (including phenoxy) is 2. The SMILES string of the molecule is CN=C(NCCC(F)(F)F)NCc1cccc(OC)c1OC. The Morgan fingerprint density at radius 1 is 1.18 bits per heavy atom. The lowest BCUT2D eigenvalue weighted by molar-refractivity contribution is -0.132. The Hall–Kier alpha value is -2.12. The molecule has 1 rings (SSSR count). The van der Waals surface area contributed by atoms with Crippen molar-refractivity contribution in [2.24, 2.45) is 4.99 Å². The fraction of sp³-hybridized carbons (Fsp3) is 0.500. The van der Waals surface area contributed by atoms with Crippen LogP contribution in [0.2, 0.25) is 0 Å². The average Bonchev–Trinajstić information content (AvgIpc) is 2.48. The van der Waals surface area contributed by atoms with Crippen molar-refractivity contribution in [2.45, 2.75) is 19.1 Å². The number of para-hydroxylation sites is 1. The highest BCUT2D eigenvalue weighted by Crippen LogP contribution is 2.30. The number of alkyl halides is 3. The van der Waals surface area contributed by atoms with Gasteiger partial charge in [-0.25, -0.2) is 0 Å². The topological polar surface area (TPSA) is 54.9 Å². The number of benzene rings is 1. The molecule has 0 fully saturated rings. The third-order valence-electron chi connectivity index (χ3n) is 2.86. The summed E-state index contributed by atoms with van der Waals surface area (Å²) < 4.78 is 46.8. The Morgan fingerprint density at radius 3 is 2.45 bits per heavy atom. The van der Waals surface area contributed by atoms with Crippen molar-refractivity contribution in [3.8, 4) is 11.5 Å². The van der Waals surface area contributed by atoms with Crippen molar-refractivity contribution in [2.75, 3.05) is 27.8 Å². The van der Waals surface area contributed by atoms with E-state index in [1.165, 1.54) is 21.3 Å². The minimum Gasteiger partial charge on any atom is -0.493 e. The summed E-state index contributed by atoms with van der Waals surface area (Å²) in [6, 6.07) is 5.40. The first-order chi connectivity index (χ1) is 10.4. The first-order valence-corrected chi connectivity index (χ1v) is 6.62. The molecular weight excluding hydrogens is 299 g/mol. The van der Waals surface area contributed by atoms with E-state index in [2.05, 4.69) is 15.6 Å². The monoisotopic (exact) mass is 319 g/mol. The first kappa shape index (κ1) is 17.9. The van der Waals surface area contributed by atoms with Crippen molar-refractivity contribution in [3.63, 3.8) is 0 Å². The molecule has 1 aromatic rings. The van der Waals surface area contributed by atoms with Crippen LogP contribution >= 0.6 is 0 Å². The van der Waals surface area contributed by atoms with E-state index in [1.54, 1.807) is 12.1 Å². The fourth-order valence-corrected chi connectivity index (χ4v) is 1.82. The second kappa shape index (κ2) is 8.35. The summed E-state index contributed by atoms with van der Waals surface area (Å²) >= 11 is 0. The van der Waals surface area contributed by atoms with Gasteiger partial charge in [0.25, 0.3) is 0 Å². The highest BCUT2D eigenvalue weighted by atomic mass is 19.4. The van der Waals surface area contributed by atoms with Gasteiger partial charge in [0, 0.05) is 25.7 Å². The number of guanidine groups is 1. The van der Waals surface area contributed by atoms with Crippen LogP contribution in [0.4, 0.5) is 13.2 Å². The zero-order valence-electron chi connectivity index (χ0n) is 12.8. The van der Waals surface area contributed by atoms with Crippen LogP contribution in [0, 0.1) is 0 Å². The summed E-state index contributed by atoms with van der Waals surface area (Å²) in [5, 5.41) is 5.54. The van der Waals surface area contributed by atoms with Crippen molar-refractivity contribution >= 4 is 5.96 Å². The van der Waals surface area contributed by atoms with E-state index >= 15 is 0 Å². The third-order valence-corrected chi connectivity index (χ3v) is 2.86. The summed E-state index contributed by atoms with van der Waals surface area (Å²) in [7, 11) is 4.55. The molecule has 0 saturated heterocycles. The van der Waals surface area contributed by atoms with Gasteiger partial charge in [-0.05, 0) is 6.07 Å². The summed E-state index contributed by atoms with van der Waals surface area (Å²) in [5.41, 5.74) is 0.806. The third kappa shape index (κ3) is 5.71. The van der Waals surface area contributed by atoms with E-state index in [-0.39, 0.29) is 12.5 Å². The minimum atomic E-state index is -4.19. The summed E-state index contributed by atoms with van der Waals surface area (Å²) in [6.07, 6.45) is -5.11. The van der Waals surface area contributed by atoms with E-state index in [0.717, 1.165) is 5.56 Å². The van der Waals surface area contributed by atoms with Gasteiger partial charge in [0.2, 0.25) is 0 Å². The molecular formula is C14H20F3N3O2. The number of rotatable bonds is 6. The van der Waals surface area contributed by atoms with Crippen LogP contribution in [0.3, 0.4) is 0 Å². The van der Waals surface area contributed by atoms with Gasteiger partial charge in [0.05, 0.1) is 20.6 Å². The predicted octanol–water partition coefficient (Wildman–Crippen LogP) is 2.32. The number of nitrogens with zero attached hydrogens (tertiary/aromatic N) is 1. The predicted molar refractivity (Wildman–Crippen MR) is 78.4 cm³/mol. The number of hydrogen-bond acceptors (Lipinski definition) is 3. The highest BCUT2D eigenvalue weighted by Gasteiger charge is 2.26. The quantitative estimate of drug-likeness (QED) is 0.624. The number of methoxy groups -OCH3 is 2. The zero-order chi connectivity index (χ0) is 16.6. The van der Waals surface area contributed by atoms with Gasteiger partial charge in [-0.2, -0.15) is 13.2 Å². The van der Waals surface area contributed by atoms with Crippen LogP contribution in [0.15, 0.2) is 23.2 Å². The Bertz CT molecular complexity index is 505. The number of nitrogens with one attached hydrogen (secondary N) is 2. The van der Waals surface area contributed by atoms with Crippen molar-refractivity contribution < 1.29 is 22.6 Å². The lowest BCUT2D eigenvalue weighted by Crippen LogP contribution is -2.38. The standard InChI is InChI=1S/C14H20F3N3O2/c1-18-13(19-8-7-14(15,16)17)20-9-10-5-4-6-11(21-2)12(10)22-3/h4-6H,7-9H2,1-3H3,(H2,18,19,20). The fourth-order valence-electron chi connectivity index (χ4n) is 1.82. The van der Waals surface area contributed by atoms with Gasteiger partial charge >= 0.3 is 6.18 Å². The van der Waals surface area contributed by atoms with Gasteiger partial charge < -0.3 is 20.1 Å². The zero-order valence-corrected chi connectivity index (χ0v) is 12.8. The van der Waals surface area contributed by atoms with E-state index in [1.807, 2.05) is 6.07 Å². The number of halogens is 3. The van der Waals surface area contributed by atoms with Crippen LogP contribution in [-0.4, -0.2) is 39.9 Å². The minimum absolute atomic E-state index is 0.238. The molecule has 0 heterocycles. The Morgan fingerprint density at radius 2 is 1.91 bits per heavy atom. The lowest BCUT2D eigenvalue weighted by atomic mass is 10.2. The maximum atomic E-state index is 12.1. The average molecular weight is 319 g/mol. The number of aliphatic imine (C=N–C) groups is 1. The maximum absolute atomic E-state index is 12.1. The Kier molecular flexibility index (Phi) is 6.81. The van der Waals surface area contributed by atoms with Gasteiger partial charge in [0.15, 0.2) is 17.5 Å². The van der Waals surface area contributed by atoms with Gasteiger partial charge in [-0.15, -0.1) is 0 Å². The maximum Gasteiger partial charge on any atom is 0.390 e. The van der Waals surface area contributed by atoms with E-state index in [0.29, 0.717) is 18.0 Å². The normalized spacial score (nSPS) is 12.0. The molecule has 2 N–H and O–H groups in total. The lowest BCUT2D eigenvalue weighted by Gasteiger charge is -2.15. The van der Waals surface area contributed by atoms with Crippen molar-refractivity contribution in [3.05, 3.63) is 23.8 Å². The molecule has 8 heteroatoms. The second-order valence-corrected chi connectivity index (χ2v) is 4.37. The van der Waals surface area contributed by atoms with Gasteiger partial charge in [0.1, 0.15) is 0 Å². The van der Waals surface area contributed by atoms with Crippen LogP contribution in [0.1, 0.15) is 12.0 Å². The molecule has 0 aromatic heterocycles. The van der Waals surface area contributed by atoms with E-state index in [4.69, 9.17) is 9.47 Å². The molecule has 124 valence electrons. The van der Waals surface area contributed by atoms with Crippen LogP contribution in [-0.2, 0) is 6.54 Å². The molecule has 0 saturated carbocycles. The molecule has 0 aliphatic heterocycles. The molecule has 1 aromatic carbocycles. The van der Waals surface area contributed by atoms with Crippen LogP contribution < -0.4 is 20.1 Å². The molecule has 22 heavy (non-hydrogen) atoms. The molecule has 0 aliphatic rings. The van der Waals surface area contributed by atoms with E-state index < -0.39 is 12.6 Å². The molecule has 0 aliphatic carbocycles. The van der Waals surface area contributed by atoms with Gasteiger partial charge in [-0.1, -0.05) is 12.1 Å². The smallest absolute Gasteiger partial charge is 0.390 e. The van der Waals surface area contributed by atoms with Gasteiger partial charge in [-0.3, -0.25) is 4.99 Å². The summed E-state index contributed by atoms with van der Waals surface area (Å²) in [5.74, 6) is 1.44. The Balaban J connectivity index is 2.60. The molecule has 0 atom stereocenters. The molecule has 0 amide bonds. The molecule has 0 unspecified atom stereocenters. The summed E-state index contributed by atoms with van der Waals surface area (Å²) in [4.78, 5) is 3.88. The van der Waals surface area contributed by atoms with E-state index in [9.17, 15) is 13.2 Å². The Labute approximate surface area is 127 Å². The largest absolute Gasteiger partial charge is 0.493 e. The second-order valence-electron chi connectivity index (χ2n) is 4.37. The highest BCUT2D eigenvalue weighted by molar-refractivity contribution is 5.79. The molecule has 0 bridgehead atoms. The first-order valence-electron chi connectivity index (χ1n) is 6.62.